The summed E-state index contributed by atoms with van der Waals surface area (Å²) in [6.45, 7) is 9.84. The van der Waals surface area contributed by atoms with Crippen LogP contribution in [0.2, 0.25) is 0 Å². The molecule has 0 saturated heterocycles. The molecule has 0 spiro atoms. The molecule has 0 aromatic heterocycles. The van der Waals surface area contributed by atoms with Crippen LogP contribution in [0.4, 0.5) is 0 Å². The highest BCUT2D eigenvalue weighted by Gasteiger charge is 2.24. The van der Waals surface area contributed by atoms with E-state index in [9.17, 15) is 4.79 Å². The third kappa shape index (κ3) is 6.08. The first-order chi connectivity index (χ1) is 7.38. The fraction of sp³-hybridized carbons (Fsp3) is 0.917. The summed E-state index contributed by atoms with van der Waals surface area (Å²) in [4.78, 5) is 12.8. The van der Waals surface area contributed by atoms with Gasteiger partial charge in [0.05, 0.1) is 13.2 Å². The second-order valence-electron chi connectivity index (χ2n) is 4.98. The quantitative estimate of drug-likeness (QED) is 0.691. The summed E-state index contributed by atoms with van der Waals surface area (Å²) >= 11 is 0. The Morgan fingerprint density at radius 3 is 2.19 bits per heavy atom. The van der Waals surface area contributed by atoms with E-state index in [1.54, 1.807) is 7.11 Å². The summed E-state index contributed by atoms with van der Waals surface area (Å²) in [5, 5.41) is 8.91. The molecule has 0 aliphatic rings. The van der Waals surface area contributed by atoms with E-state index >= 15 is 0 Å². The van der Waals surface area contributed by atoms with Crippen LogP contribution in [-0.4, -0.2) is 48.8 Å². The molecule has 1 unspecified atom stereocenters. The average Bonchev–Trinajstić information content (AvgIpc) is 2.10. The zero-order valence-electron chi connectivity index (χ0n) is 11.1. The number of carboxylic acids is 1. The van der Waals surface area contributed by atoms with Crippen LogP contribution in [0, 0.1) is 11.8 Å². The number of carbonyl (C=O) groups is 1. The van der Waals surface area contributed by atoms with E-state index in [4.69, 9.17) is 9.84 Å². The third-order valence-electron chi connectivity index (χ3n) is 2.51. The lowest BCUT2D eigenvalue weighted by molar-refractivity contribution is -0.139. The Labute approximate surface area is 98.6 Å². The van der Waals surface area contributed by atoms with Crippen molar-refractivity contribution in [3.05, 3.63) is 0 Å². The molecule has 0 aliphatic carbocycles. The van der Waals surface area contributed by atoms with Crippen molar-refractivity contribution >= 4 is 5.97 Å². The van der Waals surface area contributed by atoms with Gasteiger partial charge in [0, 0.05) is 19.7 Å². The van der Waals surface area contributed by atoms with E-state index in [1.807, 2.05) is 4.90 Å². The van der Waals surface area contributed by atoms with Crippen LogP contribution in [0.25, 0.3) is 0 Å². The summed E-state index contributed by atoms with van der Waals surface area (Å²) in [6, 6.07) is 0.170. The SMILES string of the molecule is COCC(C(C)C)N(CC(=O)O)CC(C)C. The molecule has 0 heterocycles. The summed E-state index contributed by atoms with van der Waals surface area (Å²) in [5.74, 6) is 0.0675. The summed E-state index contributed by atoms with van der Waals surface area (Å²) in [7, 11) is 1.66. The zero-order valence-corrected chi connectivity index (χ0v) is 11.1. The molecular weight excluding hydrogens is 206 g/mol. The number of hydrogen-bond acceptors (Lipinski definition) is 3. The molecule has 96 valence electrons. The monoisotopic (exact) mass is 231 g/mol. The summed E-state index contributed by atoms with van der Waals surface area (Å²) in [6.07, 6.45) is 0. The number of hydrogen-bond donors (Lipinski definition) is 1. The smallest absolute Gasteiger partial charge is 0.317 e. The van der Waals surface area contributed by atoms with Gasteiger partial charge < -0.3 is 9.84 Å². The molecule has 16 heavy (non-hydrogen) atoms. The van der Waals surface area contributed by atoms with Gasteiger partial charge >= 0.3 is 5.97 Å². The lowest BCUT2D eigenvalue weighted by atomic mass is 10.0. The Balaban J connectivity index is 4.58. The van der Waals surface area contributed by atoms with E-state index in [1.165, 1.54) is 0 Å². The summed E-state index contributed by atoms with van der Waals surface area (Å²) < 4.78 is 5.17. The molecule has 1 N–H and O–H groups in total. The molecule has 0 bridgehead atoms. The maximum absolute atomic E-state index is 10.8. The van der Waals surface area contributed by atoms with Crippen LogP contribution in [0.15, 0.2) is 0 Å². The third-order valence-corrected chi connectivity index (χ3v) is 2.51. The van der Waals surface area contributed by atoms with Crippen molar-refractivity contribution in [2.45, 2.75) is 33.7 Å². The largest absolute Gasteiger partial charge is 0.480 e. The first-order valence-corrected chi connectivity index (χ1v) is 5.83. The standard InChI is InChI=1S/C12H25NO3/c1-9(2)6-13(7-12(14)15)11(8-16-5)10(3)4/h9-11H,6-8H2,1-5H3,(H,14,15). The van der Waals surface area contributed by atoms with Crippen molar-refractivity contribution in [3.8, 4) is 0 Å². The van der Waals surface area contributed by atoms with Gasteiger partial charge in [-0.1, -0.05) is 27.7 Å². The van der Waals surface area contributed by atoms with Gasteiger partial charge in [-0.15, -0.1) is 0 Å². The van der Waals surface area contributed by atoms with Crippen LogP contribution in [0.3, 0.4) is 0 Å². The van der Waals surface area contributed by atoms with Crippen molar-refractivity contribution in [2.75, 3.05) is 26.8 Å². The normalized spacial score (nSPS) is 13.8. The molecule has 0 saturated carbocycles. The molecular formula is C12H25NO3. The first kappa shape index (κ1) is 15.4. The Hall–Kier alpha value is -0.610. The van der Waals surface area contributed by atoms with E-state index in [0.29, 0.717) is 18.4 Å². The van der Waals surface area contributed by atoms with Gasteiger partial charge in [-0.05, 0) is 11.8 Å². The zero-order chi connectivity index (χ0) is 12.7. The Kier molecular flexibility index (Phi) is 7.34. The minimum absolute atomic E-state index is 0.0877. The Morgan fingerprint density at radius 1 is 1.31 bits per heavy atom. The highest BCUT2D eigenvalue weighted by Crippen LogP contribution is 2.13. The fourth-order valence-electron chi connectivity index (χ4n) is 1.85. The average molecular weight is 231 g/mol. The van der Waals surface area contributed by atoms with E-state index in [2.05, 4.69) is 27.7 Å². The van der Waals surface area contributed by atoms with Crippen LogP contribution in [0.1, 0.15) is 27.7 Å². The van der Waals surface area contributed by atoms with Gasteiger partial charge in [0.25, 0.3) is 0 Å². The maximum atomic E-state index is 10.8. The Morgan fingerprint density at radius 2 is 1.88 bits per heavy atom. The fourth-order valence-corrected chi connectivity index (χ4v) is 1.85. The predicted octanol–water partition coefficient (Wildman–Crippen LogP) is 1.70. The molecule has 4 nitrogen and oxygen atoms in total. The van der Waals surface area contributed by atoms with Crippen molar-refractivity contribution < 1.29 is 14.6 Å². The molecule has 0 aliphatic heterocycles. The van der Waals surface area contributed by atoms with Gasteiger partial charge in [0.2, 0.25) is 0 Å². The number of carboxylic acid groups (broad SMARTS) is 1. The number of aliphatic carboxylic acids is 1. The predicted molar refractivity (Wildman–Crippen MR) is 64.5 cm³/mol. The number of ether oxygens (including phenoxy) is 1. The molecule has 0 aromatic rings. The Bertz CT molecular complexity index is 204. The second kappa shape index (κ2) is 7.63. The maximum Gasteiger partial charge on any atom is 0.317 e. The van der Waals surface area contributed by atoms with E-state index in [0.717, 1.165) is 6.54 Å². The lowest BCUT2D eigenvalue weighted by Crippen LogP contribution is -2.46. The molecule has 0 aromatic carbocycles. The minimum Gasteiger partial charge on any atom is -0.480 e. The first-order valence-electron chi connectivity index (χ1n) is 5.83. The van der Waals surface area contributed by atoms with E-state index in [-0.39, 0.29) is 12.6 Å². The van der Waals surface area contributed by atoms with E-state index < -0.39 is 5.97 Å². The second-order valence-corrected chi connectivity index (χ2v) is 4.98. The summed E-state index contributed by atoms with van der Waals surface area (Å²) in [5.41, 5.74) is 0. The highest BCUT2D eigenvalue weighted by molar-refractivity contribution is 5.69. The van der Waals surface area contributed by atoms with Crippen molar-refractivity contribution in [2.24, 2.45) is 11.8 Å². The molecule has 0 amide bonds. The van der Waals surface area contributed by atoms with Crippen LogP contribution < -0.4 is 0 Å². The van der Waals surface area contributed by atoms with Gasteiger partial charge in [-0.3, -0.25) is 9.69 Å². The van der Waals surface area contributed by atoms with Crippen LogP contribution in [0.5, 0.6) is 0 Å². The van der Waals surface area contributed by atoms with Gasteiger partial charge in [0.1, 0.15) is 0 Å². The van der Waals surface area contributed by atoms with Crippen molar-refractivity contribution in [3.63, 3.8) is 0 Å². The molecule has 0 fully saturated rings. The molecule has 1 atom stereocenters. The van der Waals surface area contributed by atoms with Gasteiger partial charge in [-0.25, -0.2) is 0 Å². The number of methoxy groups -OCH3 is 1. The molecule has 4 heteroatoms. The van der Waals surface area contributed by atoms with Crippen molar-refractivity contribution in [1.82, 2.24) is 4.90 Å². The number of rotatable bonds is 8. The molecule has 0 rings (SSSR count). The lowest BCUT2D eigenvalue weighted by Gasteiger charge is -2.33. The van der Waals surface area contributed by atoms with Crippen molar-refractivity contribution in [1.29, 1.82) is 0 Å². The van der Waals surface area contributed by atoms with Crippen LogP contribution in [-0.2, 0) is 9.53 Å². The van der Waals surface area contributed by atoms with Gasteiger partial charge in [-0.2, -0.15) is 0 Å². The van der Waals surface area contributed by atoms with Crippen LogP contribution >= 0.6 is 0 Å². The molecule has 0 radical (unpaired) electrons. The van der Waals surface area contributed by atoms with Gasteiger partial charge in [0.15, 0.2) is 0 Å². The highest BCUT2D eigenvalue weighted by atomic mass is 16.5. The number of nitrogens with zero attached hydrogens (tertiary/aromatic N) is 1. The minimum atomic E-state index is -0.776. The topological polar surface area (TPSA) is 49.8 Å².